The van der Waals surface area contributed by atoms with Gasteiger partial charge in [0.1, 0.15) is 17.2 Å². The summed E-state index contributed by atoms with van der Waals surface area (Å²) in [5, 5.41) is 0. The van der Waals surface area contributed by atoms with E-state index < -0.39 is 0 Å². The van der Waals surface area contributed by atoms with Crippen molar-refractivity contribution < 1.29 is 9.47 Å². The molecule has 1 unspecified atom stereocenters. The Hall–Kier alpha value is -1.42. The van der Waals surface area contributed by atoms with Crippen molar-refractivity contribution in [2.24, 2.45) is 0 Å². The minimum absolute atomic E-state index is 0.612. The van der Waals surface area contributed by atoms with Gasteiger partial charge in [0.15, 0.2) is 0 Å². The fourth-order valence-electron chi connectivity index (χ4n) is 2.64. The third-order valence-corrected chi connectivity index (χ3v) is 3.87. The Labute approximate surface area is 121 Å². The molecule has 2 rings (SSSR count). The summed E-state index contributed by atoms with van der Waals surface area (Å²) in [7, 11) is 2.19. The van der Waals surface area contributed by atoms with Crippen molar-refractivity contribution in [2.45, 2.75) is 38.6 Å². The van der Waals surface area contributed by atoms with Crippen LogP contribution in [0.1, 0.15) is 32.6 Å². The lowest BCUT2D eigenvalue weighted by Gasteiger charge is -2.20. The third-order valence-electron chi connectivity index (χ3n) is 3.87. The van der Waals surface area contributed by atoms with Crippen LogP contribution in [0.4, 0.5) is 5.69 Å². The SMILES string of the molecule is CCCOc1cccc(OCCC2CCCN2C)c1N. The molecule has 1 saturated heterocycles. The molecule has 112 valence electrons. The monoisotopic (exact) mass is 278 g/mol. The number of ether oxygens (including phenoxy) is 2. The lowest BCUT2D eigenvalue weighted by atomic mass is 10.1. The predicted octanol–water partition coefficient (Wildman–Crippen LogP) is 2.92. The molecule has 1 aliphatic heterocycles. The Bertz CT molecular complexity index is 423. The van der Waals surface area contributed by atoms with E-state index in [0.29, 0.717) is 24.9 Å². The number of hydrogen-bond acceptors (Lipinski definition) is 4. The highest BCUT2D eigenvalue weighted by Crippen LogP contribution is 2.31. The second kappa shape index (κ2) is 7.39. The molecule has 0 aliphatic carbocycles. The van der Waals surface area contributed by atoms with Crippen LogP contribution in [0.15, 0.2) is 18.2 Å². The van der Waals surface area contributed by atoms with Crippen LogP contribution in [0, 0.1) is 0 Å². The lowest BCUT2D eigenvalue weighted by Crippen LogP contribution is -2.26. The van der Waals surface area contributed by atoms with Crippen LogP contribution in [0.25, 0.3) is 0 Å². The molecular weight excluding hydrogens is 252 g/mol. The van der Waals surface area contributed by atoms with E-state index in [1.54, 1.807) is 0 Å². The second-order valence-electron chi connectivity index (χ2n) is 5.43. The summed E-state index contributed by atoms with van der Waals surface area (Å²) in [5.74, 6) is 1.46. The zero-order chi connectivity index (χ0) is 14.4. The molecule has 1 atom stereocenters. The molecule has 1 aromatic carbocycles. The first kappa shape index (κ1) is 15.0. The Morgan fingerprint density at radius 1 is 1.25 bits per heavy atom. The largest absolute Gasteiger partial charge is 0.491 e. The molecule has 20 heavy (non-hydrogen) atoms. The normalized spacial score (nSPS) is 19.2. The van der Waals surface area contributed by atoms with E-state index in [9.17, 15) is 0 Å². The van der Waals surface area contributed by atoms with E-state index in [-0.39, 0.29) is 0 Å². The predicted molar refractivity (Wildman–Crippen MR) is 82.4 cm³/mol. The van der Waals surface area contributed by atoms with Crippen molar-refractivity contribution in [1.82, 2.24) is 4.90 Å². The quantitative estimate of drug-likeness (QED) is 0.779. The van der Waals surface area contributed by atoms with Crippen molar-refractivity contribution in [1.29, 1.82) is 0 Å². The number of rotatable bonds is 7. The minimum atomic E-state index is 0.612. The molecule has 0 spiro atoms. The van der Waals surface area contributed by atoms with Crippen LogP contribution >= 0.6 is 0 Å². The van der Waals surface area contributed by atoms with E-state index >= 15 is 0 Å². The van der Waals surface area contributed by atoms with Crippen molar-refractivity contribution in [2.75, 3.05) is 32.5 Å². The first-order chi connectivity index (χ1) is 9.72. The highest BCUT2D eigenvalue weighted by Gasteiger charge is 2.20. The van der Waals surface area contributed by atoms with Gasteiger partial charge in [-0.15, -0.1) is 0 Å². The lowest BCUT2D eigenvalue weighted by molar-refractivity contribution is 0.233. The van der Waals surface area contributed by atoms with Crippen LogP contribution in [-0.4, -0.2) is 37.7 Å². The number of nitrogen functional groups attached to an aromatic ring is 1. The maximum atomic E-state index is 6.09. The average molecular weight is 278 g/mol. The van der Waals surface area contributed by atoms with E-state index in [1.165, 1.54) is 19.4 Å². The average Bonchev–Trinajstić information content (AvgIpc) is 2.85. The summed E-state index contributed by atoms with van der Waals surface area (Å²) in [4.78, 5) is 2.41. The fraction of sp³-hybridized carbons (Fsp3) is 0.625. The molecule has 0 saturated carbocycles. The van der Waals surface area contributed by atoms with Crippen molar-refractivity contribution >= 4 is 5.69 Å². The van der Waals surface area contributed by atoms with Crippen LogP contribution < -0.4 is 15.2 Å². The standard InChI is InChI=1S/C16H26N2O2/c1-3-11-19-14-7-4-8-15(16(14)17)20-12-9-13-6-5-10-18(13)2/h4,7-8,13H,3,5-6,9-12,17H2,1-2H3. The number of nitrogens with two attached hydrogens (primary N) is 1. The van der Waals surface area contributed by atoms with Crippen molar-refractivity contribution in [3.05, 3.63) is 18.2 Å². The molecule has 1 heterocycles. The summed E-state index contributed by atoms with van der Waals surface area (Å²) in [6.45, 7) is 4.67. The zero-order valence-corrected chi connectivity index (χ0v) is 12.6. The van der Waals surface area contributed by atoms with E-state index in [2.05, 4.69) is 18.9 Å². The molecule has 1 aliphatic rings. The van der Waals surface area contributed by atoms with Gasteiger partial charge < -0.3 is 20.1 Å². The fourth-order valence-corrected chi connectivity index (χ4v) is 2.64. The highest BCUT2D eigenvalue weighted by atomic mass is 16.5. The summed E-state index contributed by atoms with van der Waals surface area (Å²) in [6.07, 6.45) is 4.59. The molecule has 2 N–H and O–H groups in total. The Balaban J connectivity index is 1.85. The molecule has 0 aromatic heterocycles. The van der Waals surface area contributed by atoms with Gasteiger partial charge in [-0.3, -0.25) is 0 Å². The van der Waals surface area contributed by atoms with Crippen LogP contribution in [0.5, 0.6) is 11.5 Å². The first-order valence-electron chi connectivity index (χ1n) is 7.56. The Kier molecular flexibility index (Phi) is 5.53. The maximum Gasteiger partial charge on any atom is 0.146 e. The van der Waals surface area contributed by atoms with Crippen molar-refractivity contribution in [3.63, 3.8) is 0 Å². The van der Waals surface area contributed by atoms with Gasteiger partial charge in [0.25, 0.3) is 0 Å². The van der Waals surface area contributed by atoms with Crippen LogP contribution in [0.3, 0.4) is 0 Å². The molecule has 0 bridgehead atoms. The number of anilines is 1. The number of benzene rings is 1. The van der Waals surface area contributed by atoms with Gasteiger partial charge in [-0.2, -0.15) is 0 Å². The molecular formula is C16H26N2O2. The Morgan fingerprint density at radius 3 is 2.55 bits per heavy atom. The Morgan fingerprint density at radius 2 is 1.95 bits per heavy atom. The zero-order valence-electron chi connectivity index (χ0n) is 12.6. The van der Waals surface area contributed by atoms with E-state index in [0.717, 1.165) is 24.3 Å². The van der Waals surface area contributed by atoms with E-state index in [4.69, 9.17) is 15.2 Å². The molecule has 1 aromatic rings. The molecule has 1 fully saturated rings. The minimum Gasteiger partial charge on any atom is -0.491 e. The molecule has 4 nitrogen and oxygen atoms in total. The smallest absolute Gasteiger partial charge is 0.146 e. The van der Waals surface area contributed by atoms with Crippen LogP contribution in [0.2, 0.25) is 0 Å². The highest BCUT2D eigenvalue weighted by molar-refractivity contribution is 5.62. The summed E-state index contributed by atoms with van der Waals surface area (Å²) < 4.78 is 11.4. The van der Waals surface area contributed by atoms with Crippen molar-refractivity contribution in [3.8, 4) is 11.5 Å². The number of para-hydroxylation sites is 1. The molecule has 0 radical (unpaired) electrons. The van der Waals surface area contributed by atoms with Gasteiger partial charge in [0.2, 0.25) is 0 Å². The number of nitrogens with zero attached hydrogens (tertiary/aromatic N) is 1. The van der Waals surface area contributed by atoms with Gasteiger partial charge in [-0.25, -0.2) is 0 Å². The van der Waals surface area contributed by atoms with Gasteiger partial charge in [0, 0.05) is 6.04 Å². The van der Waals surface area contributed by atoms with Crippen LogP contribution in [-0.2, 0) is 0 Å². The van der Waals surface area contributed by atoms with E-state index in [1.807, 2.05) is 18.2 Å². The second-order valence-corrected chi connectivity index (χ2v) is 5.43. The summed E-state index contributed by atoms with van der Waals surface area (Å²) >= 11 is 0. The third kappa shape index (κ3) is 3.79. The van der Waals surface area contributed by atoms with Gasteiger partial charge in [-0.05, 0) is 51.4 Å². The van der Waals surface area contributed by atoms with Gasteiger partial charge in [-0.1, -0.05) is 13.0 Å². The number of hydrogen-bond donors (Lipinski definition) is 1. The summed E-state index contributed by atoms with van der Waals surface area (Å²) in [5.41, 5.74) is 6.70. The molecule has 0 amide bonds. The maximum absolute atomic E-state index is 6.09. The van der Waals surface area contributed by atoms with Gasteiger partial charge in [0.05, 0.1) is 13.2 Å². The molecule has 4 heteroatoms. The summed E-state index contributed by atoms with van der Waals surface area (Å²) in [6, 6.07) is 6.38. The van der Waals surface area contributed by atoms with Gasteiger partial charge >= 0.3 is 0 Å². The first-order valence-corrected chi connectivity index (χ1v) is 7.56. The number of likely N-dealkylation sites (tertiary alicyclic amines) is 1. The topological polar surface area (TPSA) is 47.7 Å².